The molecule has 0 heterocycles. The van der Waals surface area contributed by atoms with Crippen molar-refractivity contribution in [3.63, 3.8) is 0 Å². The van der Waals surface area contributed by atoms with Crippen LogP contribution in [0.4, 0.5) is 0 Å². The fraction of sp³-hybridized carbons (Fsp3) is 0.467. The van der Waals surface area contributed by atoms with Crippen molar-refractivity contribution in [1.82, 2.24) is 10.6 Å². The van der Waals surface area contributed by atoms with Gasteiger partial charge in [-0.05, 0) is 32.4 Å². The lowest BCUT2D eigenvalue weighted by atomic mass is 10.2. The Hall–Kier alpha value is -2.04. The molecule has 2 unspecified atom stereocenters. The summed E-state index contributed by atoms with van der Waals surface area (Å²) in [7, 11) is 0. The van der Waals surface area contributed by atoms with Crippen molar-refractivity contribution in [2.75, 3.05) is 6.61 Å². The highest BCUT2D eigenvalue weighted by atomic mass is 16.5. The maximum atomic E-state index is 11.8. The van der Waals surface area contributed by atoms with Crippen LogP contribution in [0.5, 0.6) is 5.75 Å². The Balaban J connectivity index is 2.32. The minimum atomic E-state index is -0.573. The second-order valence-corrected chi connectivity index (χ2v) is 4.71. The highest BCUT2D eigenvalue weighted by Gasteiger charge is 2.16. The number of para-hydroxylation sites is 1. The third-order valence-electron chi connectivity index (χ3n) is 2.88. The maximum absolute atomic E-state index is 11.8. The Bertz CT molecular complexity index is 434. The van der Waals surface area contributed by atoms with Crippen LogP contribution >= 0.6 is 0 Å². The first kappa shape index (κ1) is 16.0. The number of benzene rings is 1. The molecule has 0 radical (unpaired) electrons. The smallest absolute Gasteiger partial charge is 0.258 e. The molecule has 0 saturated heterocycles. The summed E-state index contributed by atoms with van der Waals surface area (Å²) in [6.45, 7) is 5.45. The third-order valence-corrected chi connectivity index (χ3v) is 2.88. The van der Waals surface area contributed by atoms with Crippen LogP contribution in [0.15, 0.2) is 30.3 Å². The van der Waals surface area contributed by atoms with Gasteiger partial charge in [-0.2, -0.15) is 0 Å². The van der Waals surface area contributed by atoms with Gasteiger partial charge >= 0.3 is 0 Å². The van der Waals surface area contributed by atoms with Crippen molar-refractivity contribution >= 4 is 11.8 Å². The molecular weight excluding hydrogens is 256 g/mol. The molecule has 0 aliphatic rings. The third kappa shape index (κ3) is 5.73. The molecule has 110 valence electrons. The summed E-state index contributed by atoms with van der Waals surface area (Å²) in [6.07, 6.45) is 0.851. The van der Waals surface area contributed by atoms with Crippen molar-refractivity contribution in [1.29, 1.82) is 0 Å². The van der Waals surface area contributed by atoms with E-state index in [9.17, 15) is 9.59 Å². The van der Waals surface area contributed by atoms with Crippen LogP contribution in [0.2, 0.25) is 0 Å². The van der Waals surface area contributed by atoms with E-state index in [4.69, 9.17) is 4.74 Å². The summed E-state index contributed by atoms with van der Waals surface area (Å²) < 4.78 is 5.31. The number of ether oxygens (including phenoxy) is 1. The van der Waals surface area contributed by atoms with E-state index < -0.39 is 6.04 Å². The molecule has 0 fully saturated rings. The van der Waals surface area contributed by atoms with Gasteiger partial charge in [-0.1, -0.05) is 25.1 Å². The Kier molecular flexibility index (Phi) is 6.56. The predicted octanol–water partition coefficient (Wildman–Crippen LogP) is 1.48. The Morgan fingerprint density at radius 2 is 1.80 bits per heavy atom. The first-order valence-corrected chi connectivity index (χ1v) is 6.80. The van der Waals surface area contributed by atoms with Crippen molar-refractivity contribution in [3.05, 3.63) is 30.3 Å². The second kappa shape index (κ2) is 8.19. The lowest BCUT2D eigenvalue weighted by Crippen LogP contribution is -2.48. The van der Waals surface area contributed by atoms with E-state index in [1.165, 1.54) is 0 Å². The van der Waals surface area contributed by atoms with E-state index in [0.717, 1.165) is 6.42 Å². The molecule has 0 aromatic heterocycles. The van der Waals surface area contributed by atoms with Crippen LogP contribution in [0.1, 0.15) is 27.2 Å². The molecule has 1 aromatic carbocycles. The monoisotopic (exact) mass is 278 g/mol. The normalized spacial score (nSPS) is 13.2. The molecule has 0 aliphatic carbocycles. The van der Waals surface area contributed by atoms with Gasteiger partial charge in [-0.25, -0.2) is 0 Å². The molecule has 0 aliphatic heterocycles. The number of amides is 2. The molecule has 20 heavy (non-hydrogen) atoms. The molecule has 2 amide bonds. The fourth-order valence-electron chi connectivity index (χ4n) is 1.48. The lowest BCUT2D eigenvalue weighted by molar-refractivity contribution is -0.129. The average Bonchev–Trinajstić information content (AvgIpc) is 2.45. The zero-order valence-electron chi connectivity index (χ0n) is 12.2. The summed E-state index contributed by atoms with van der Waals surface area (Å²) in [5, 5.41) is 5.42. The van der Waals surface area contributed by atoms with Gasteiger partial charge in [-0.3, -0.25) is 9.59 Å². The molecule has 0 saturated carbocycles. The summed E-state index contributed by atoms with van der Waals surface area (Å²) in [5.74, 6) is 0.118. The second-order valence-electron chi connectivity index (χ2n) is 4.71. The largest absolute Gasteiger partial charge is 0.484 e. The maximum Gasteiger partial charge on any atom is 0.258 e. The van der Waals surface area contributed by atoms with E-state index >= 15 is 0 Å². The minimum Gasteiger partial charge on any atom is -0.484 e. The van der Waals surface area contributed by atoms with Crippen LogP contribution < -0.4 is 15.4 Å². The molecule has 5 nitrogen and oxygen atoms in total. The number of carbonyl (C=O) groups is 2. The highest BCUT2D eigenvalue weighted by molar-refractivity contribution is 5.87. The number of rotatable bonds is 7. The molecule has 1 rings (SSSR count). The van der Waals surface area contributed by atoms with Gasteiger partial charge in [0.15, 0.2) is 6.61 Å². The minimum absolute atomic E-state index is 0.0995. The van der Waals surface area contributed by atoms with Gasteiger partial charge in [0.05, 0.1) is 0 Å². The van der Waals surface area contributed by atoms with Gasteiger partial charge < -0.3 is 15.4 Å². The Morgan fingerprint density at radius 1 is 1.15 bits per heavy atom. The van der Waals surface area contributed by atoms with Crippen molar-refractivity contribution in [2.45, 2.75) is 39.3 Å². The topological polar surface area (TPSA) is 67.4 Å². The van der Waals surface area contributed by atoms with Crippen LogP contribution in [0.3, 0.4) is 0 Å². The standard InChI is InChI=1S/C15H22N2O3/c1-4-11(2)16-15(19)12(3)17-14(18)10-20-13-8-6-5-7-9-13/h5-9,11-12H,4,10H2,1-3H3,(H,16,19)(H,17,18). The van der Waals surface area contributed by atoms with Gasteiger partial charge in [-0.15, -0.1) is 0 Å². The van der Waals surface area contributed by atoms with Crippen molar-refractivity contribution in [2.24, 2.45) is 0 Å². The Morgan fingerprint density at radius 3 is 2.40 bits per heavy atom. The first-order valence-electron chi connectivity index (χ1n) is 6.80. The molecule has 1 aromatic rings. The fourth-order valence-corrected chi connectivity index (χ4v) is 1.48. The van der Waals surface area contributed by atoms with E-state index in [-0.39, 0.29) is 24.5 Å². The summed E-state index contributed by atoms with van der Waals surface area (Å²) in [5.41, 5.74) is 0. The van der Waals surface area contributed by atoms with Crippen LogP contribution in [-0.4, -0.2) is 30.5 Å². The van der Waals surface area contributed by atoms with Gasteiger partial charge in [0.25, 0.3) is 5.91 Å². The number of carbonyl (C=O) groups excluding carboxylic acids is 2. The van der Waals surface area contributed by atoms with Crippen LogP contribution in [0.25, 0.3) is 0 Å². The SMILES string of the molecule is CCC(C)NC(=O)C(C)NC(=O)COc1ccccc1. The van der Waals surface area contributed by atoms with Gasteiger partial charge in [0, 0.05) is 6.04 Å². The van der Waals surface area contributed by atoms with E-state index in [0.29, 0.717) is 5.75 Å². The van der Waals surface area contributed by atoms with Crippen molar-refractivity contribution in [3.8, 4) is 5.75 Å². The predicted molar refractivity (Wildman–Crippen MR) is 77.4 cm³/mol. The molecule has 0 bridgehead atoms. The summed E-state index contributed by atoms with van der Waals surface area (Å²) in [4.78, 5) is 23.4. The molecule has 5 heteroatoms. The van der Waals surface area contributed by atoms with Gasteiger partial charge in [0.2, 0.25) is 5.91 Å². The average molecular weight is 278 g/mol. The van der Waals surface area contributed by atoms with Crippen molar-refractivity contribution < 1.29 is 14.3 Å². The number of hydrogen-bond donors (Lipinski definition) is 2. The number of nitrogens with one attached hydrogen (secondary N) is 2. The van der Waals surface area contributed by atoms with E-state index in [1.54, 1.807) is 19.1 Å². The summed E-state index contributed by atoms with van der Waals surface area (Å²) >= 11 is 0. The number of hydrogen-bond acceptors (Lipinski definition) is 3. The van der Waals surface area contributed by atoms with E-state index in [2.05, 4.69) is 10.6 Å². The van der Waals surface area contributed by atoms with E-state index in [1.807, 2.05) is 32.0 Å². The van der Waals surface area contributed by atoms with Crippen LogP contribution in [0, 0.1) is 0 Å². The summed E-state index contributed by atoms with van der Waals surface area (Å²) in [6, 6.07) is 8.59. The lowest BCUT2D eigenvalue weighted by Gasteiger charge is -2.17. The molecule has 2 atom stereocenters. The quantitative estimate of drug-likeness (QED) is 0.794. The Labute approximate surface area is 119 Å². The molecule has 0 spiro atoms. The van der Waals surface area contributed by atoms with Gasteiger partial charge in [0.1, 0.15) is 11.8 Å². The molecular formula is C15H22N2O3. The first-order chi connectivity index (χ1) is 9.52. The highest BCUT2D eigenvalue weighted by Crippen LogP contribution is 2.07. The zero-order valence-corrected chi connectivity index (χ0v) is 12.2. The molecule has 2 N–H and O–H groups in total. The zero-order chi connectivity index (χ0) is 15.0. The van der Waals surface area contributed by atoms with Crippen LogP contribution in [-0.2, 0) is 9.59 Å².